The van der Waals surface area contributed by atoms with Crippen molar-refractivity contribution < 1.29 is 9.90 Å². The van der Waals surface area contributed by atoms with Gasteiger partial charge in [-0.05, 0) is 28.9 Å². The van der Waals surface area contributed by atoms with Gasteiger partial charge in [-0.3, -0.25) is 0 Å². The van der Waals surface area contributed by atoms with Gasteiger partial charge in [-0.2, -0.15) is 5.10 Å². The maximum absolute atomic E-state index is 10.5. The van der Waals surface area contributed by atoms with Crippen molar-refractivity contribution in [2.75, 3.05) is 0 Å². The Morgan fingerprint density at radius 3 is 2.91 bits per heavy atom. The minimum absolute atomic E-state index is 0.626. The van der Waals surface area contributed by atoms with Crippen LogP contribution in [0.15, 0.2) is 16.9 Å². The van der Waals surface area contributed by atoms with Gasteiger partial charge < -0.3 is 5.11 Å². The highest BCUT2D eigenvalue weighted by atomic mass is 79.9. The topological polar surface area (TPSA) is 55.1 Å². The zero-order valence-electron chi connectivity index (χ0n) is 5.86. The van der Waals surface area contributed by atoms with E-state index in [1.807, 2.05) is 0 Å². The van der Waals surface area contributed by atoms with E-state index in [4.69, 9.17) is 5.11 Å². The van der Waals surface area contributed by atoms with E-state index in [9.17, 15) is 4.79 Å². The number of hydrogen-bond acceptors (Lipinski definition) is 2. The van der Waals surface area contributed by atoms with Gasteiger partial charge in [0.25, 0.3) is 0 Å². The highest BCUT2D eigenvalue weighted by molar-refractivity contribution is 9.10. The first-order valence-electron chi connectivity index (χ1n) is 3.04. The van der Waals surface area contributed by atoms with Crippen LogP contribution in [-0.4, -0.2) is 20.9 Å². The maximum Gasteiger partial charge on any atom is 0.328 e. The van der Waals surface area contributed by atoms with Crippen LogP contribution >= 0.6 is 15.9 Å². The van der Waals surface area contributed by atoms with Gasteiger partial charge in [-0.15, -0.1) is 0 Å². The van der Waals surface area contributed by atoms with E-state index >= 15 is 0 Å². The van der Waals surface area contributed by atoms with Gasteiger partial charge in [0.15, 0.2) is 0 Å². The lowest BCUT2D eigenvalue weighted by Gasteiger charge is -2.06. The lowest BCUT2D eigenvalue weighted by Crippen LogP contribution is -2.16. The number of nitrogens with zero attached hydrogens (tertiary/aromatic N) is 2. The van der Waals surface area contributed by atoms with E-state index in [1.165, 1.54) is 4.68 Å². The van der Waals surface area contributed by atoms with E-state index in [0.717, 1.165) is 0 Å². The number of carboxylic acid groups (broad SMARTS) is 1. The summed E-state index contributed by atoms with van der Waals surface area (Å²) in [6.07, 6.45) is 1.55. The molecule has 0 amide bonds. The monoisotopic (exact) mass is 218 g/mol. The molecule has 1 N–H and O–H groups in total. The molecule has 1 unspecified atom stereocenters. The van der Waals surface area contributed by atoms with Crippen molar-refractivity contribution in [3.63, 3.8) is 0 Å². The predicted octanol–water partition coefficient (Wildman–Crippen LogP) is 1.29. The molecule has 1 rings (SSSR count). The molecule has 0 aliphatic rings. The summed E-state index contributed by atoms with van der Waals surface area (Å²) in [7, 11) is 0. The quantitative estimate of drug-likeness (QED) is 0.815. The van der Waals surface area contributed by atoms with Crippen molar-refractivity contribution in [2.45, 2.75) is 13.0 Å². The second-order valence-electron chi connectivity index (χ2n) is 2.11. The summed E-state index contributed by atoms with van der Waals surface area (Å²) in [5.74, 6) is -0.894. The molecule has 1 aromatic heterocycles. The van der Waals surface area contributed by atoms with Crippen LogP contribution in [0.2, 0.25) is 0 Å². The summed E-state index contributed by atoms with van der Waals surface area (Å²) in [4.78, 5) is 10.5. The Kier molecular flexibility index (Phi) is 2.28. The fourth-order valence-corrected chi connectivity index (χ4v) is 1.20. The molecule has 0 spiro atoms. The van der Waals surface area contributed by atoms with E-state index in [0.29, 0.717) is 4.60 Å². The minimum atomic E-state index is -0.894. The van der Waals surface area contributed by atoms with Crippen molar-refractivity contribution in [1.82, 2.24) is 9.78 Å². The number of rotatable bonds is 2. The molecular formula is C6H7BrN2O2. The molecule has 0 bridgehead atoms. The van der Waals surface area contributed by atoms with Gasteiger partial charge in [0.2, 0.25) is 0 Å². The number of carboxylic acids is 1. The average Bonchev–Trinajstić information content (AvgIpc) is 2.33. The van der Waals surface area contributed by atoms with Crippen molar-refractivity contribution in [3.8, 4) is 0 Å². The Labute approximate surface area is 72.0 Å². The number of aliphatic carboxylic acids is 1. The zero-order chi connectivity index (χ0) is 8.43. The third kappa shape index (κ3) is 1.59. The zero-order valence-corrected chi connectivity index (χ0v) is 7.45. The van der Waals surface area contributed by atoms with Crippen LogP contribution in [-0.2, 0) is 4.79 Å². The first-order valence-corrected chi connectivity index (χ1v) is 3.84. The molecular weight excluding hydrogens is 212 g/mol. The lowest BCUT2D eigenvalue weighted by atomic mass is 10.4. The van der Waals surface area contributed by atoms with E-state index in [1.54, 1.807) is 19.2 Å². The molecule has 0 saturated heterocycles. The summed E-state index contributed by atoms with van der Waals surface area (Å²) in [6, 6.07) is 1.07. The Hall–Kier alpha value is -0.840. The first kappa shape index (κ1) is 8.26. The molecule has 11 heavy (non-hydrogen) atoms. The highest BCUT2D eigenvalue weighted by Gasteiger charge is 2.15. The molecule has 0 radical (unpaired) electrons. The van der Waals surface area contributed by atoms with Gasteiger partial charge in [0.05, 0.1) is 6.20 Å². The van der Waals surface area contributed by atoms with Gasteiger partial charge in [0.1, 0.15) is 10.6 Å². The smallest absolute Gasteiger partial charge is 0.328 e. The Balaban J connectivity index is 2.92. The Bertz CT molecular complexity index is 271. The van der Waals surface area contributed by atoms with Crippen LogP contribution in [0, 0.1) is 0 Å². The van der Waals surface area contributed by atoms with E-state index in [2.05, 4.69) is 21.0 Å². The molecule has 0 fully saturated rings. The molecule has 1 aromatic rings. The van der Waals surface area contributed by atoms with Crippen molar-refractivity contribution in [3.05, 3.63) is 16.9 Å². The van der Waals surface area contributed by atoms with Crippen LogP contribution in [0.5, 0.6) is 0 Å². The summed E-state index contributed by atoms with van der Waals surface area (Å²) in [5.41, 5.74) is 0. The summed E-state index contributed by atoms with van der Waals surface area (Å²) < 4.78 is 2.06. The normalized spacial score (nSPS) is 12.9. The van der Waals surface area contributed by atoms with Crippen LogP contribution in [0.3, 0.4) is 0 Å². The largest absolute Gasteiger partial charge is 0.480 e. The van der Waals surface area contributed by atoms with Crippen LogP contribution in [0.25, 0.3) is 0 Å². The van der Waals surface area contributed by atoms with Gasteiger partial charge in [-0.1, -0.05) is 0 Å². The number of halogens is 1. The number of carbonyl (C=O) groups is 1. The van der Waals surface area contributed by atoms with E-state index in [-0.39, 0.29) is 0 Å². The molecule has 0 saturated carbocycles. The van der Waals surface area contributed by atoms with Crippen LogP contribution in [0.4, 0.5) is 0 Å². The first-order chi connectivity index (χ1) is 5.13. The maximum atomic E-state index is 10.5. The highest BCUT2D eigenvalue weighted by Crippen LogP contribution is 2.14. The number of aromatic nitrogens is 2. The van der Waals surface area contributed by atoms with Gasteiger partial charge in [-0.25, -0.2) is 9.48 Å². The fraction of sp³-hybridized carbons (Fsp3) is 0.333. The molecule has 1 heterocycles. The number of hydrogen-bond donors (Lipinski definition) is 1. The van der Waals surface area contributed by atoms with Gasteiger partial charge >= 0.3 is 5.97 Å². The average molecular weight is 219 g/mol. The molecule has 0 aromatic carbocycles. The van der Waals surface area contributed by atoms with Crippen molar-refractivity contribution in [2.24, 2.45) is 0 Å². The second kappa shape index (κ2) is 3.04. The second-order valence-corrected chi connectivity index (χ2v) is 2.93. The predicted molar refractivity (Wildman–Crippen MR) is 42.3 cm³/mol. The fourth-order valence-electron chi connectivity index (χ4n) is 0.688. The Morgan fingerprint density at radius 1 is 1.91 bits per heavy atom. The summed E-state index contributed by atoms with van der Waals surface area (Å²) in [6.45, 7) is 1.57. The third-order valence-corrected chi connectivity index (χ3v) is 1.97. The molecule has 0 aliphatic heterocycles. The molecule has 60 valence electrons. The molecule has 0 aliphatic carbocycles. The lowest BCUT2D eigenvalue weighted by molar-refractivity contribution is -0.140. The van der Waals surface area contributed by atoms with Crippen LogP contribution < -0.4 is 0 Å². The van der Waals surface area contributed by atoms with Crippen molar-refractivity contribution in [1.29, 1.82) is 0 Å². The molecule has 5 heteroatoms. The van der Waals surface area contributed by atoms with Crippen molar-refractivity contribution >= 4 is 21.9 Å². The Morgan fingerprint density at radius 2 is 2.55 bits per heavy atom. The summed E-state index contributed by atoms with van der Waals surface area (Å²) in [5, 5.41) is 12.4. The molecule has 4 nitrogen and oxygen atoms in total. The third-order valence-electron chi connectivity index (χ3n) is 1.35. The van der Waals surface area contributed by atoms with Gasteiger partial charge in [0, 0.05) is 0 Å². The molecule has 1 atom stereocenters. The minimum Gasteiger partial charge on any atom is -0.480 e. The van der Waals surface area contributed by atoms with Crippen LogP contribution in [0.1, 0.15) is 13.0 Å². The SMILES string of the molecule is CC(C(=O)O)n1nccc1Br. The summed E-state index contributed by atoms with van der Waals surface area (Å²) >= 11 is 3.17. The van der Waals surface area contributed by atoms with E-state index < -0.39 is 12.0 Å². The standard InChI is InChI=1S/C6H7BrN2O2/c1-4(6(10)11)9-5(7)2-3-8-9/h2-4H,1H3,(H,10,11).